The predicted octanol–water partition coefficient (Wildman–Crippen LogP) is 3.71. The number of hydrogen-bond acceptors (Lipinski definition) is 23. The fourth-order valence-corrected chi connectivity index (χ4v) is 13.6. The molecule has 8 atom stereocenters. The number of aliphatic hydroxyl groups is 1. The maximum absolute atomic E-state index is 14.2. The molecule has 1 aromatic heterocycles. The second kappa shape index (κ2) is 28.8. The van der Waals surface area contributed by atoms with Crippen LogP contribution in [0, 0.1) is 0 Å². The maximum Gasteiger partial charge on any atom is 0.270 e. The van der Waals surface area contributed by atoms with E-state index in [-0.39, 0.29) is 79.2 Å². The number of rotatable bonds is 24. The number of nitrogens with zero attached hydrogens (tertiary/aromatic N) is 4. The Morgan fingerprint density at radius 2 is 1.60 bits per heavy atom. The van der Waals surface area contributed by atoms with Gasteiger partial charge in [-0.05, 0) is 50.1 Å². The fraction of sp³-hybridized carbons (Fsp3) is 0.542. The number of nitrogens with one attached hydrogen (secondary N) is 3. The van der Waals surface area contributed by atoms with E-state index in [1.165, 1.54) is 47.8 Å². The van der Waals surface area contributed by atoms with Crippen LogP contribution in [0.25, 0.3) is 0 Å². The SMILES string of the molecule is COc1cccc2c1C(=O)c1c(O)c3c(c(O)c1C2=O)C[C@@](O)(C(=O)NNC(=O)CCOCCOCCOCCOCCNC(=O)CCCn1nnc2c1CSC1=C\C(C)=C(/C=C/C=C\1)SC2)C[C@@H]3O[C@H]1C[C@H]2[C@H](O[C@@H]3[C@@H](OC)OCCN32)[C@H](C)O1. The largest absolute Gasteiger partial charge is 0.507 e. The molecule has 0 saturated carbocycles. The number of hydrogen-bond donors (Lipinski definition) is 6. The molecule has 0 radical (unpaired) electrons. The Morgan fingerprint density at radius 1 is 0.860 bits per heavy atom. The van der Waals surface area contributed by atoms with Crippen molar-refractivity contribution in [1.82, 2.24) is 36.1 Å². The van der Waals surface area contributed by atoms with Crippen LogP contribution in [-0.2, 0) is 81.5 Å². The van der Waals surface area contributed by atoms with Crippen LogP contribution in [0.4, 0.5) is 0 Å². The quantitative estimate of drug-likeness (QED) is 0.0331. The molecule has 25 nitrogen and oxygen atoms in total. The van der Waals surface area contributed by atoms with Gasteiger partial charge < -0.3 is 68.0 Å². The molecule has 5 heterocycles. The summed E-state index contributed by atoms with van der Waals surface area (Å²) >= 11 is 3.51. The molecule has 4 aliphatic heterocycles. The van der Waals surface area contributed by atoms with Crippen molar-refractivity contribution < 1.29 is 86.7 Å². The number of aryl methyl sites for hydroxylation is 1. The summed E-state index contributed by atoms with van der Waals surface area (Å²) in [5.41, 5.74) is 3.89. The van der Waals surface area contributed by atoms with E-state index in [9.17, 15) is 39.3 Å². The average Bonchev–Trinajstić information content (AvgIpc) is 0.893. The number of amides is 3. The van der Waals surface area contributed by atoms with Gasteiger partial charge in [-0.25, -0.2) is 4.68 Å². The molecule has 3 amide bonds. The van der Waals surface area contributed by atoms with E-state index in [1.807, 2.05) is 11.6 Å². The minimum Gasteiger partial charge on any atom is -0.507 e. The van der Waals surface area contributed by atoms with Crippen molar-refractivity contribution in [1.29, 1.82) is 0 Å². The number of methoxy groups -OCH3 is 2. The Morgan fingerprint density at radius 3 is 2.37 bits per heavy atom. The molecule has 2 aromatic carbocycles. The average molecular weight is 1230 g/mol. The van der Waals surface area contributed by atoms with Crippen LogP contribution in [-0.4, -0.2) is 194 Å². The fourth-order valence-electron chi connectivity index (χ4n) is 11.6. The highest BCUT2D eigenvalue weighted by Crippen LogP contribution is 2.53. The maximum atomic E-state index is 14.2. The Bertz CT molecular complexity index is 3150. The number of carbonyl (C=O) groups is 5. The predicted molar refractivity (Wildman–Crippen MR) is 310 cm³/mol. The molecule has 3 aliphatic carbocycles. The van der Waals surface area contributed by atoms with Gasteiger partial charge in [0.2, 0.25) is 17.6 Å². The van der Waals surface area contributed by atoms with E-state index in [1.54, 1.807) is 23.5 Å². The highest BCUT2D eigenvalue weighted by Gasteiger charge is 2.55. The number of hydrazine groups is 1. The molecule has 7 aliphatic rings. The van der Waals surface area contributed by atoms with Crippen LogP contribution in [0.1, 0.15) is 106 Å². The first kappa shape index (κ1) is 63.0. The van der Waals surface area contributed by atoms with Crippen molar-refractivity contribution in [3.8, 4) is 17.2 Å². The monoisotopic (exact) mass is 1230 g/mol. The summed E-state index contributed by atoms with van der Waals surface area (Å²) in [6.45, 7) is 7.77. The topological polar surface area (TPSA) is 308 Å². The summed E-state index contributed by atoms with van der Waals surface area (Å²) < 4.78 is 60.2. The first-order chi connectivity index (χ1) is 41.7. The van der Waals surface area contributed by atoms with Crippen molar-refractivity contribution >= 4 is 52.8 Å². The second-order valence-corrected chi connectivity index (χ2v) is 23.5. The van der Waals surface area contributed by atoms with Gasteiger partial charge in [-0.1, -0.05) is 29.5 Å². The number of benzene rings is 2. The summed E-state index contributed by atoms with van der Waals surface area (Å²) in [5.74, 6) is -3.24. The van der Waals surface area contributed by atoms with Gasteiger partial charge in [-0.2, -0.15) is 0 Å². The van der Waals surface area contributed by atoms with E-state index in [4.69, 9.17) is 47.4 Å². The zero-order valence-corrected chi connectivity index (χ0v) is 50.0. The Kier molecular flexibility index (Phi) is 21.1. The zero-order chi connectivity index (χ0) is 60.5. The standard InChI is InChI=1S/C59H73N7O18S2/c1-33-27-35-9-5-6-12-43(33)86-31-38-40(32-85-35)66(64-61-38)16-8-13-44(67)60-15-19-78-22-24-80-26-25-79-23-21-77-18-14-45(68)62-63-58(73)59(74)29-37-48(54(72)50-49(52(37)70)51(69)36-10-7-11-41(75-3)47(36)53(50)71)42(30-59)83-46-28-39-55(34(2)82-46)84-56-57(76-4)81-20-17-65(39)56/h5-7,9-12,27,34,39,42,46,55-57,70,72,74H,8,13-26,28-32H2,1-4H3,(H,60,67)(H,62,68)(H,63,73)/b6-5?,9-5-,12-6+,33-27?,35-9?,35-27-,43-12?,43-33+/t34-,39-,42-,46-,55+,56+,57-,59-/m0/s1. The van der Waals surface area contributed by atoms with E-state index >= 15 is 0 Å². The van der Waals surface area contributed by atoms with E-state index in [2.05, 4.69) is 68.7 Å². The Balaban J connectivity index is 0.624. The summed E-state index contributed by atoms with van der Waals surface area (Å²) in [5, 5.41) is 48.1. The summed E-state index contributed by atoms with van der Waals surface area (Å²) in [7, 11) is 2.86. The van der Waals surface area contributed by atoms with Crippen molar-refractivity contribution in [2.45, 2.75) is 119 Å². The highest BCUT2D eigenvalue weighted by atomic mass is 32.2. The van der Waals surface area contributed by atoms with Crippen molar-refractivity contribution in [2.24, 2.45) is 0 Å². The van der Waals surface area contributed by atoms with E-state index < -0.39 is 102 Å². The minimum atomic E-state index is -2.43. The lowest BCUT2D eigenvalue weighted by atomic mass is 9.72. The molecule has 3 aromatic rings. The van der Waals surface area contributed by atoms with E-state index in [0.717, 1.165) is 22.9 Å². The molecular weight excluding hydrogens is 1160 g/mol. The highest BCUT2D eigenvalue weighted by molar-refractivity contribution is 8.03. The third-order valence-electron chi connectivity index (χ3n) is 15.9. The molecule has 3 fully saturated rings. The number of carbonyl (C=O) groups excluding carboxylic acids is 5. The number of ether oxygens (including phenoxy) is 10. The molecule has 464 valence electrons. The van der Waals surface area contributed by atoms with Gasteiger partial charge in [0, 0.05) is 96.5 Å². The number of ketones is 2. The van der Waals surface area contributed by atoms with Gasteiger partial charge in [0.05, 0.1) is 113 Å². The van der Waals surface area contributed by atoms with Gasteiger partial charge in [0.1, 0.15) is 23.4 Å². The number of thioether (sulfide) groups is 2. The van der Waals surface area contributed by atoms with Crippen LogP contribution in [0.5, 0.6) is 17.2 Å². The Labute approximate surface area is 505 Å². The van der Waals surface area contributed by atoms with Crippen molar-refractivity contribution in [3.05, 3.63) is 109 Å². The second-order valence-electron chi connectivity index (χ2n) is 21.4. The van der Waals surface area contributed by atoms with Crippen molar-refractivity contribution in [3.63, 3.8) is 0 Å². The molecule has 0 unspecified atom stereocenters. The first-order valence-corrected chi connectivity index (χ1v) is 30.7. The number of allylic oxidation sites excluding steroid dienone is 6. The van der Waals surface area contributed by atoms with Crippen LogP contribution in [0.2, 0.25) is 0 Å². The number of fused-ring (bicyclic) bond motifs is 8. The molecule has 27 heteroatoms. The molecule has 86 heavy (non-hydrogen) atoms. The van der Waals surface area contributed by atoms with Crippen molar-refractivity contribution in [2.75, 3.05) is 86.8 Å². The first-order valence-electron chi connectivity index (χ1n) is 28.7. The lowest BCUT2D eigenvalue weighted by Crippen LogP contribution is -2.57. The van der Waals surface area contributed by atoms with Gasteiger partial charge in [-0.3, -0.25) is 39.7 Å². The number of aromatic hydroxyl groups is 2. The number of phenolic OH excluding ortho intramolecular Hbond substituents is 2. The minimum absolute atomic E-state index is 0.0332. The van der Waals surface area contributed by atoms with Gasteiger partial charge in [-0.15, -0.1) is 28.6 Å². The summed E-state index contributed by atoms with van der Waals surface area (Å²) in [6.07, 6.45) is 5.84. The molecule has 0 spiro atoms. The third-order valence-corrected chi connectivity index (χ3v) is 18.1. The van der Waals surface area contributed by atoms with Crippen LogP contribution in [0.3, 0.4) is 0 Å². The smallest absolute Gasteiger partial charge is 0.270 e. The van der Waals surface area contributed by atoms with Crippen LogP contribution in [0.15, 0.2) is 64.0 Å². The number of morpholine rings is 1. The van der Waals surface area contributed by atoms with Crippen LogP contribution >= 0.6 is 23.5 Å². The summed E-state index contributed by atoms with van der Waals surface area (Å²) in [6, 6.07) is 4.15. The molecule has 2 bridgehead atoms. The van der Waals surface area contributed by atoms with Gasteiger partial charge in [0.25, 0.3) is 5.91 Å². The van der Waals surface area contributed by atoms with E-state index in [0.29, 0.717) is 65.5 Å². The lowest BCUT2D eigenvalue weighted by molar-refractivity contribution is -0.256. The molecule has 10 rings (SSSR count). The zero-order valence-electron chi connectivity index (χ0n) is 48.4. The van der Waals surface area contributed by atoms with Gasteiger partial charge in [0.15, 0.2) is 30.2 Å². The number of phenols is 2. The molecular formula is C59H73N7O18S2. The molecule has 6 N–H and O–H groups in total. The third kappa shape index (κ3) is 14.1. The van der Waals surface area contributed by atoms with Crippen LogP contribution < -0.4 is 20.9 Å². The number of aromatic nitrogens is 3. The normalized spacial score (nSPS) is 27.2. The summed E-state index contributed by atoms with van der Waals surface area (Å²) in [4.78, 5) is 72.3. The lowest BCUT2D eigenvalue weighted by Gasteiger charge is -2.43. The van der Waals surface area contributed by atoms with Gasteiger partial charge >= 0.3 is 0 Å². The Hall–Kier alpha value is -6.05. The molecule has 3 saturated heterocycles.